The van der Waals surface area contributed by atoms with Gasteiger partial charge in [-0.05, 0) is 64.2 Å². The molecule has 0 aliphatic carbocycles. The van der Waals surface area contributed by atoms with Crippen molar-refractivity contribution in [3.63, 3.8) is 0 Å². The van der Waals surface area contributed by atoms with Crippen LogP contribution in [0.5, 0.6) is 0 Å². The number of nitrogens with zero attached hydrogens (tertiary/aromatic N) is 1. The highest BCUT2D eigenvalue weighted by molar-refractivity contribution is 9.11. The van der Waals surface area contributed by atoms with E-state index in [1.165, 1.54) is 5.56 Å². The van der Waals surface area contributed by atoms with Crippen molar-refractivity contribution in [1.29, 1.82) is 0 Å². The Morgan fingerprint density at radius 3 is 2.65 bits per heavy atom. The lowest BCUT2D eigenvalue weighted by Crippen LogP contribution is -2.27. The number of carbonyl (C=O) groups is 1. The highest BCUT2D eigenvalue weighted by Crippen LogP contribution is 2.23. The summed E-state index contributed by atoms with van der Waals surface area (Å²) in [6.07, 6.45) is 2.56. The molecule has 0 aliphatic heterocycles. The second-order valence-corrected chi connectivity index (χ2v) is 7.92. The first-order valence-electron chi connectivity index (χ1n) is 7.11. The molecule has 0 aliphatic rings. The fraction of sp³-hybridized carbons (Fsp3) is 0.667. The van der Waals surface area contributed by atoms with Crippen LogP contribution in [0.2, 0.25) is 0 Å². The van der Waals surface area contributed by atoms with Gasteiger partial charge >= 0.3 is 0 Å². The molecule has 3 nitrogen and oxygen atoms in total. The second kappa shape index (κ2) is 8.80. The summed E-state index contributed by atoms with van der Waals surface area (Å²) < 4.78 is 1.11. The van der Waals surface area contributed by atoms with Crippen LogP contribution >= 0.6 is 27.3 Å². The predicted octanol–water partition coefficient (Wildman–Crippen LogP) is 3.87. The summed E-state index contributed by atoms with van der Waals surface area (Å²) in [5.74, 6) is 1.35. The van der Waals surface area contributed by atoms with Gasteiger partial charge in [0.05, 0.1) is 3.79 Å². The van der Waals surface area contributed by atoms with Crippen LogP contribution in [-0.2, 0) is 11.3 Å². The van der Waals surface area contributed by atoms with Crippen molar-refractivity contribution >= 4 is 33.2 Å². The number of halogens is 1. The smallest absolute Gasteiger partial charge is 0.222 e. The average Bonchev–Trinajstić information content (AvgIpc) is 2.79. The minimum absolute atomic E-state index is 0.218. The van der Waals surface area contributed by atoms with Gasteiger partial charge in [0.15, 0.2) is 0 Å². The standard InChI is InChI=1S/C15H25BrN2OS/c1-11(2)13(6-7-17)4-5-15(19)18(3)9-12-8-14(16)20-10-12/h8,10-11,13H,4-7,9,17H2,1-3H3. The van der Waals surface area contributed by atoms with Crippen LogP contribution < -0.4 is 5.73 Å². The zero-order valence-corrected chi connectivity index (χ0v) is 15.0. The third-order valence-electron chi connectivity index (χ3n) is 3.68. The fourth-order valence-corrected chi connectivity index (χ4v) is 3.52. The van der Waals surface area contributed by atoms with E-state index in [9.17, 15) is 4.79 Å². The van der Waals surface area contributed by atoms with Crippen LogP contribution in [0.3, 0.4) is 0 Å². The van der Waals surface area contributed by atoms with Gasteiger partial charge in [0.1, 0.15) is 0 Å². The van der Waals surface area contributed by atoms with Crippen molar-refractivity contribution < 1.29 is 4.79 Å². The van der Waals surface area contributed by atoms with E-state index in [0.29, 0.717) is 31.3 Å². The summed E-state index contributed by atoms with van der Waals surface area (Å²) in [7, 11) is 1.88. The zero-order valence-electron chi connectivity index (χ0n) is 12.6. The molecule has 5 heteroatoms. The molecule has 0 saturated heterocycles. The summed E-state index contributed by atoms with van der Waals surface area (Å²) in [5.41, 5.74) is 6.82. The molecule has 1 unspecified atom stereocenters. The number of amides is 1. The normalized spacial score (nSPS) is 12.7. The number of carbonyl (C=O) groups excluding carboxylic acids is 1. The molecule has 0 fully saturated rings. The molecule has 20 heavy (non-hydrogen) atoms. The second-order valence-electron chi connectivity index (χ2n) is 5.63. The summed E-state index contributed by atoms with van der Waals surface area (Å²) in [5, 5.41) is 2.08. The first-order chi connectivity index (χ1) is 9.43. The third-order valence-corrected chi connectivity index (χ3v) is 5.23. The molecule has 1 amide bonds. The number of nitrogens with two attached hydrogens (primary N) is 1. The summed E-state index contributed by atoms with van der Waals surface area (Å²) >= 11 is 5.10. The average molecular weight is 361 g/mol. The van der Waals surface area contributed by atoms with Crippen molar-refractivity contribution in [1.82, 2.24) is 4.90 Å². The van der Waals surface area contributed by atoms with Gasteiger partial charge in [0.25, 0.3) is 0 Å². The molecule has 1 heterocycles. The van der Waals surface area contributed by atoms with Crippen molar-refractivity contribution in [3.8, 4) is 0 Å². The van der Waals surface area contributed by atoms with E-state index in [0.717, 1.165) is 16.6 Å². The third kappa shape index (κ3) is 5.94. The van der Waals surface area contributed by atoms with Gasteiger partial charge in [0.2, 0.25) is 5.91 Å². The number of thiophene rings is 1. The first kappa shape index (κ1) is 17.7. The largest absolute Gasteiger partial charge is 0.341 e. The number of rotatable bonds is 8. The molecular formula is C15H25BrN2OS. The van der Waals surface area contributed by atoms with Gasteiger partial charge in [-0.15, -0.1) is 11.3 Å². The molecular weight excluding hydrogens is 336 g/mol. The molecule has 0 bridgehead atoms. The fourth-order valence-electron chi connectivity index (χ4n) is 2.32. The number of hydrogen-bond donors (Lipinski definition) is 1. The Labute approximate surface area is 134 Å². The lowest BCUT2D eigenvalue weighted by Gasteiger charge is -2.22. The van der Waals surface area contributed by atoms with E-state index in [4.69, 9.17) is 5.73 Å². The maximum absolute atomic E-state index is 12.2. The van der Waals surface area contributed by atoms with Gasteiger partial charge in [-0.3, -0.25) is 4.79 Å². The van der Waals surface area contributed by atoms with Crippen LogP contribution in [0.4, 0.5) is 0 Å². The Balaban J connectivity index is 2.41. The van der Waals surface area contributed by atoms with E-state index in [1.807, 2.05) is 11.9 Å². The topological polar surface area (TPSA) is 46.3 Å². The quantitative estimate of drug-likeness (QED) is 0.764. The molecule has 114 valence electrons. The molecule has 1 atom stereocenters. The molecule has 2 N–H and O–H groups in total. The first-order valence-corrected chi connectivity index (χ1v) is 8.78. The molecule has 0 radical (unpaired) electrons. The molecule has 1 aromatic rings. The van der Waals surface area contributed by atoms with Gasteiger partial charge in [-0.1, -0.05) is 13.8 Å². The highest BCUT2D eigenvalue weighted by atomic mass is 79.9. The maximum Gasteiger partial charge on any atom is 0.222 e. The molecule has 1 rings (SSSR count). The van der Waals surface area contributed by atoms with Crippen molar-refractivity contribution in [2.75, 3.05) is 13.6 Å². The Bertz CT molecular complexity index is 420. The number of hydrogen-bond acceptors (Lipinski definition) is 3. The Hall–Kier alpha value is -0.390. The van der Waals surface area contributed by atoms with E-state index in [-0.39, 0.29) is 5.91 Å². The lowest BCUT2D eigenvalue weighted by atomic mass is 9.88. The van der Waals surface area contributed by atoms with Crippen molar-refractivity contribution in [2.24, 2.45) is 17.6 Å². The Morgan fingerprint density at radius 2 is 2.15 bits per heavy atom. The molecule has 1 aromatic heterocycles. The van der Waals surface area contributed by atoms with Crippen LogP contribution in [0.25, 0.3) is 0 Å². The van der Waals surface area contributed by atoms with Gasteiger partial charge < -0.3 is 10.6 Å². The van der Waals surface area contributed by atoms with Crippen LogP contribution in [0.15, 0.2) is 15.2 Å². The van der Waals surface area contributed by atoms with E-state index in [2.05, 4.69) is 41.2 Å². The molecule has 0 aromatic carbocycles. The minimum Gasteiger partial charge on any atom is -0.341 e. The molecule has 0 saturated carbocycles. The monoisotopic (exact) mass is 360 g/mol. The highest BCUT2D eigenvalue weighted by Gasteiger charge is 2.16. The minimum atomic E-state index is 0.218. The Kier molecular flexibility index (Phi) is 7.77. The van der Waals surface area contributed by atoms with Crippen molar-refractivity contribution in [2.45, 2.75) is 39.7 Å². The van der Waals surface area contributed by atoms with E-state index < -0.39 is 0 Å². The van der Waals surface area contributed by atoms with Crippen LogP contribution in [0, 0.1) is 11.8 Å². The van der Waals surface area contributed by atoms with Gasteiger partial charge in [-0.25, -0.2) is 0 Å². The van der Waals surface area contributed by atoms with Crippen molar-refractivity contribution in [3.05, 3.63) is 20.8 Å². The lowest BCUT2D eigenvalue weighted by molar-refractivity contribution is -0.130. The predicted molar refractivity (Wildman–Crippen MR) is 89.7 cm³/mol. The summed E-state index contributed by atoms with van der Waals surface area (Å²) in [6, 6.07) is 2.07. The molecule has 0 spiro atoms. The van der Waals surface area contributed by atoms with Gasteiger partial charge in [0, 0.05) is 20.0 Å². The van der Waals surface area contributed by atoms with E-state index >= 15 is 0 Å². The van der Waals surface area contributed by atoms with Crippen LogP contribution in [-0.4, -0.2) is 24.4 Å². The maximum atomic E-state index is 12.2. The summed E-state index contributed by atoms with van der Waals surface area (Å²) in [4.78, 5) is 14.0. The van der Waals surface area contributed by atoms with Crippen LogP contribution in [0.1, 0.15) is 38.7 Å². The zero-order chi connectivity index (χ0) is 15.1. The Morgan fingerprint density at radius 1 is 1.45 bits per heavy atom. The van der Waals surface area contributed by atoms with Gasteiger partial charge in [-0.2, -0.15) is 0 Å². The summed E-state index contributed by atoms with van der Waals surface area (Å²) in [6.45, 7) is 5.80. The SMILES string of the molecule is CC(C)C(CCN)CCC(=O)N(C)Cc1csc(Br)c1. The van der Waals surface area contributed by atoms with E-state index in [1.54, 1.807) is 11.3 Å².